The third-order valence-electron chi connectivity index (χ3n) is 5.46. The monoisotopic (exact) mass is 362 g/mol. The highest BCUT2D eigenvalue weighted by molar-refractivity contribution is 7.80. The van der Waals surface area contributed by atoms with E-state index in [2.05, 4.69) is 45.6 Å². The van der Waals surface area contributed by atoms with E-state index in [0.717, 1.165) is 44.0 Å². The van der Waals surface area contributed by atoms with Crippen LogP contribution in [0.25, 0.3) is 0 Å². The van der Waals surface area contributed by atoms with E-state index < -0.39 is 0 Å². The van der Waals surface area contributed by atoms with Crippen molar-refractivity contribution in [1.29, 1.82) is 0 Å². The Balaban J connectivity index is 1.92. The second kappa shape index (κ2) is 8.48. The Hall–Kier alpha value is -1.16. The molecule has 4 heteroatoms. The molecule has 1 amide bonds. The van der Waals surface area contributed by atoms with Crippen molar-refractivity contribution in [2.45, 2.75) is 60.3 Å². The highest BCUT2D eigenvalue weighted by Crippen LogP contribution is 2.40. The van der Waals surface area contributed by atoms with Crippen molar-refractivity contribution < 1.29 is 4.79 Å². The maximum Gasteiger partial charge on any atom is 0.246 e. The lowest BCUT2D eigenvalue weighted by atomic mass is 9.72. The molecule has 2 rings (SSSR count). The Morgan fingerprint density at radius 2 is 1.80 bits per heavy atom. The first-order valence-corrected chi connectivity index (χ1v) is 10.1. The molecule has 140 valence electrons. The van der Waals surface area contributed by atoms with Gasteiger partial charge in [0.05, 0.1) is 4.99 Å². The molecule has 25 heavy (non-hydrogen) atoms. The van der Waals surface area contributed by atoms with E-state index >= 15 is 0 Å². The molecule has 0 aromatic rings. The number of amides is 1. The number of hydrogen-bond donors (Lipinski definition) is 0. The van der Waals surface area contributed by atoms with Crippen molar-refractivity contribution in [3.8, 4) is 0 Å². The fourth-order valence-corrected chi connectivity index (χ4v) is 4.44. The fourth-order valence-electron chi connectivity index (χ4n) is 3.92. The number of carbonyl (C=O) groups excluding carboxylic acids is 1. The van der Waals surface area contributed by atoms with Crippen LogP contribution in [0.4, 0.5) is 0 Å². The molecule has 1 fully saturated rings. The predicted molar refractivity (Wildman–Crippen MR) is 110 cm³/mol. The quantitative estimate of drug-likeness (QED) is 0.540. The lowest BCUT2D eigenvalue weighted by Gasteiger charge is -2.36. The predicted octanol–water partition coefficient (Wildman–Crippen LogP) is 4.59. The molecule has 1 saturated heterocycles. The first-order valence-electron chi connectivity index (χ1n) is 9.65. The smallest absolute Gasteiger partial charge is 0.246 e. The molecule has 0 unspecified atom stereocenters. The van der Waals surface area contributed by atoms with Crippen LogP contribution in [0.3, 0.4) is 0 Å². The van der Waals surface area contributed by atoms with Gasteiger partial charge >= 0.3 is 0 Å². The molecule has 1 aliphatic heterocycles. The molecule has 0 aromatic carbocycles. The zero-order valence-corrected chi connectivity index (χ0v) is 17.4. The van der Waals surface area contributed by atoms with E-state index in [0.29, 0.717) is 5.92 Å². The van der Waals surface area contributed by atoms with Gasteiger partial charge in [-0.1, -0.05) is 51.6 Å². The summed E-state index contributed by atoms with van der Waals surface area (Å²) in [6, 6.07) is 0. The van der Waals surface area contributed by atoms with E-state index in [1.54, 1.807) is 6.08 Å². The number of allylic oxidation sites excluding steroid dienone is 3. The van der Waals surface area contributed by atoms with Crippen LogP contribution in [0.1, 0.15) is 60.3 Å². The number of hydrogen-bond acceptors (Lipinski definition) is 2. The maximum absolute atomic E-state index is 12.6. The van der Waals surface area contributed by atoms with Gasteiger partial charge in [-0.05, 0) is 43.1 Å². The Labute approximate surface area is 159 Å². The van der Waals surface area contributed by atoms with E-state index in [9.17, 15) is 4.79 Å². The van der Waals surface area contributed by atoms with Crippen molar-refractivity contribution in [3.63, 3.8) is 0 Å². The number of rotatable bonds is 4. The lowest BCUT2D eigenvalue weighted by Crippen LogP contribution is -2.50. The molecule has 0 bridgehead atoms. The molecule has 0 aromatic heterocycles. The molecule has 0 N–H and O–H groups in total. The molecule has 3 nitrogen and oxygen atoms in total. The largest absolute Gasteiger partial charge is 0.363 e. The topological polar surface area (TPSA) is 23.6 Å². The highest BCUT2D eigenvalue weighted by Gasteiger charge is 2.27. The van der Waals surface area contributed by atoms with Gasteiger partial charge < -0.3 is 9.80 Å². The summed E-state index contributed by atoms with van der Waals surface area (Å²) in [5, 5.41) is 0. The van der Waals surface area contributed by atoms with Crippen LogP contribution >= 0.6 is 12.2 Å². The normalized spacial score (nSPS) is 21.4. The summed E-state index contributed by atoms with van der Waals surface area (Å²) in [4.78, 5) is 17.8. The zero-order valence-electron chi connectivity index (χ0n) is 16.6. The van der Waals surface area contributed by atoms with Gasteiger partial charge in [0.25, 0.3) is 0 Å². The summed E-state index contributed by atoms with van der Waals surface area (Å²) in [6.45, 7) is 14.4. The third-order valence-corrected chi connectivity index (χ3v) is 5.89. The third kappa shape index (κ3) is 5.40. The lowest BCUT2D eigenvalue weighted by molar-refractivity contribution is -0.127. The molecular weight excluding hydrogens is 328 g/mol. The van der Waals surface area contributed by atoms with Crippen molar-refractivity contribution in [1.82, 2.24) is 9.80 Å². The minimum absolute atomic E-state index is 0.135. The fraction of sp³-hybridized carbons (Fsp3) is 0.714. The SMILES string of the molecule is CC1=C(/C=C/C(=O)N2CCN(C(=S)CC(C)C)CC2)C(C)(C)CCC1. The molecular formula is C21H34N2OS. The Morgan fingerprint density at radius 3 is 2.36 bits per heavy atom. The van der Waals surface area contributed by atoms with Crippen LogP contribution in [-0.2, 0) is 4.79 Å². The highest BCUT2D eigenvalue weighted by atomic mass is 32.1. The van der Waals surface area contributed by atoms with Crippen LogP contribution < -0.4 is 0 Å². The van der Waals surface area contributed by atoms with Gasteiger partial charge in [-0.15, -0.1) is 0 Å². The summed E-state index contributed by atoms with van der Waals surface area (Å²) in [6.07, 6.45) is 8.43. The molecule has 0 radical (unpaired) electrons. The minimum atomic E-state index is 0.135. The van der Waals surface area contributed by atoms with Gasteiger partial charge in [0.15, 0.2) is 0 Å². The number of nitrogens with zero attached hydrogens (tertiary/aromatic N) is 2. The molecule has 2 aliphatic rings. The summed E-state index contributed by atoms with van der Waals surface area (Å²) < 4.78 is 0. The van der Waals surface area contributed by atoms with Gasteiger partial charge in [0.1, 0.15) is 0 Å². The standard InChI is InChI=1S/C21H34N2OS/c1-16(2)15-20(25)23-13-11-22(12-14-23)19(24)9-8-18-17(3)7-6-10-21(18,4)5/h8-9,16H,6-7,10-15H2,1-5H3/b9-8+. The maximum atomic E-state index is 12.6. The van der Waals surface area contributed by atoms with E-state index in [1.165, 1.54) is 24.0 Å². The average molecular weight is 363 g/mol. The summed E-state index contributed by atoms with van der Waals surface area (Å²) >= 11 is 5.53. The summed E-state index contributed by atoms with van der Waals surface area (Å²) in [7, 11) is 0. The van der Waals surface area contributed by atoms with Crippen LogP contribution in [-0.4, -0.2) is 46.9 Å². The zero-order chi connectivity index (χ0) is 18.6. The van der Waals surface area contributed by atoms with E-state index in [1.807, 2.05) is 4.90 Å². The van der Waals surface area contributed by atoms with Gasteiger partial charge in [0, 0.05) is 38.7 Å². The molecule has 0 atom stereocenters. The van der Waals surface area contributed by atoms with E-state index in [-0.39, 0.29) is 11.3 Å². The molecule has 0 spiro atoms. The molecule has 0 saturated carbocycles. The number of piperazine rings is 1. The van der Waals surface area contributed by atoms with Crippen molar-refractivity contribution in [2.75, 3.05) is 26.2 Å². The molecule has 1 heterocycles. The van der Waals surface area contributed by atoms with Gasteiger partial charge in [-0.2, -0.15) is 0 Å². The minimum Gasteiger partial charge on any atom is -0.363 e. The Kier molecular flexibility index (Phi) is 6.84. The van der Waals surface area contributed by atoms with Gasteiger partial charge in [-0.3, -0.25) is 4.79 Å². The number of carbonyl (C=O) groups is 1. The van der Waals surface area contributed by atoms with E-state index in [4.69, 9.17) is 12.2 Å². The van der Waals surface area contributed by atoms with Crippen LogP contribution in [0.5, 0.6) is 0 Å². The van der Waals surface area contributed by atoms with Gasteiger partial charge in [0.2, 0.25) is 5.91 Å². The van der Waals surface area contributed by atoms with Crippen LogP contribution in [0.15, 0.2) is 23.3 Å². The molecule has 1 aliphatic carbocycles. The van der Waals surface area contributed by atoms with Crippen molar-refractivity contribution in [3.05, 3.63) is 23.3 Å². The Bertz CT molecular complexity index is 566. The first-order chi connectivity index (χ1) is 11.7. The van der Waals surface area contributed by atoms with Gasteiger partial charge in [-0.25, -0.2) is 0 Å². The first kappa shape index (κ1) is 20.2. The average Bonchev–Trinajstić information content (AvgIpc) is 2.53. The second-order valence-corrected chi connectivity index (χ2v) is 9.04. The number of thiocarbonyl (C=S) groups is 1. The van der Waals surface area contributed by atoms with Crippen LogP contribution in [0, 0.1) is 11.3 Å². The second-order valence-electron chi connectivity index (χ2n) is 8.57. The Morgan fingerprint density at radius 1 is 1.20 bits per heavy atom. The van der Waals surface area contributed by atoms with Crippen molar-refractivity contribution in [2.24, 2.45) is 11.3 Å². The van der Waals surface area contributed by atoms with Crippen LogP contribution in [0.2, 0.25) is 0 Å². The summed E-state index contributed by atoms with van der Waals surface area (Å²) in [5.41, 5.74) is 2.97. The summed E-state index contributed by atoms with van der Waals surface area (Å²) in [5.74, 6) is 0.724. The van der Waals surface area contributed by atoms with Crippen molar-refractivity contribution >= 4 is 23.1 Å².